The molecule has 10 heteroatoms. The number of amides is 1. The van der Waals surface area contributed by atoms with E-state index in [4.69, 9.17) is 14.9 Å². The van der Waals surface area contributed by atoms with Crippen LogP contribution >= 0.6 is 23.1 Å². The minimum atomic E-state index is -0.504. The van der Waals surface area contributed by atoms with Crippen LogP contribution in [0.25, 0.3) is 6.08 Å². The average molecular weight is 455 g/mol. The third kappa shape index (κ3) is 4.17. The van der Waals surface area contributed by atoms with Crippen LogP contribution in [0.2, 0.25) is 0 Å². The van der Waals surface area contributed by atoms with Gasteiger partial charge in [-0.25, -0.2) is 4.79 Å². The predicted molar refractivity (Wildman–Crippen MR) is 122 cm³/mol. The van der Waals surface area contributed by atoms with Gasteiger partial charge in [-0.15, -0.1) is 11.3 Å². The average Bonchev–Trinajstić information content (AvgIpc) is 3.42. The fourth-order valence-corrected chi connectivity index (χ4v) is 4.30. The van der Waals surface area contributed by atoms with Crippen LogP contribution in [0.15, 0.2) is 51.4 Å². The highest BCUT2D eigenvalue weighted by atomic mass is 32.2. The Kier molecular flexibility index (Phi) is 5.75. The summed E-state index contributed by atoms with van der Waals surface area (Å²) < 4.78 is 10.8. The van der Waals surface area contributed by atoms with Crippen LogP contribution in [0, 0.1) is 11.3 Å². The van der Waals surface area contributed by atoms with E-state index in [0.717, 1.165) is 5.04 Å². The molecule has 2 aromatic rings. The number of carbonyl (C=O) groups is 2. The largest absolute Gasteiger partial charge is 0.493 e. The first-order chi connectivity index (χ1) is 14.9. The number of ether oxygens (including phenoxy) is 2. The van der Waals surface area contributed by atoms with E-state index in [-0.39, 0.29) is 23.1 Å². The smallest absolute Gasteiger partial charge is 0.353 e. The highest BCUT2D eigenvalue weighted by molar-refractivity contribution is 8.27. The number of nitrogens with zero attached hydrogens (tertiary/aromatic N) is 3. The molecule has 1 aromatic carbocycles. The molecule has 0 aliphatic carbocycles. The second-order valence-electron chi connectivity index (χ2n) is 6.89. The third-order valence-corrected chi connectivity index (χ3v) is 6.45. The Hall–Kier alpha value is -3.24. The van der Waals surface area contributed by atoms with Crippen LogP contribution in [0.1, 0.15) is 29.1 Å². The summed E-state index contributed by atoms with van der Waals surface area (Å²) in [5.41, 5.74) is 0.711. The van der Waals surface area contributed by atoms with Crippen molar-refractivity contribution < 1.29 is 19.1 Å². The molecule has 4 rings (SSSR count). The Balaban J connectivity index is 1.61. The van der Waals surface area contributed by atoms with Gasteiger partial charge in [0.25, 0.3) is 5.91 Å². The Labute approximate surface area is 186 Å². The summed E-state index contributed by atoms with van der Waals surface area (Å²) in [6.45, 7) is 3.98. The maximum absolute atomic E-state index is 12.5. The summed E-state index contributed by atoms with van der Waals surface area (Å²) in [6.07, 6.45) is 1.55. The van der Waals surface area contributed by atoms with Gasteiger partial charge < -0.3 is 9.47 Å². The van der Waals surface area contributed by atoms with Gasteiger partial charge in [-0.1, -0.05) is 26.0 Å². The Bertz CT molecular complexity index is 1170. The number of thioether (sulfide) groups is 1. The number of aliphatic imine (C=N–C) groups is 1. The lowest BCUT2D eigenvalue weighted by Gasteiger charge is -2.20. The van der Waals surface area contributed by atoms with Crippen molar-refractivity contribution in [3.63, 3.8) is 0 Å². The summed E-state index contributed by atoms with van der Waals surface area (Å²) in [5, 5.41) is 17.2. The number of nitrogens with one attached hydrogen (secondary N) is 1. The van der Waals surface area contributed by atoms with E-state index in [1.807, 2.05) is 13.8 Å². The summed E-state index contributed by atoms with van der Waals surface area (Å²) >= 11 is 2.59. The zero-order chi connectivity index (χ0) is 22.1. The number of methoxy groups -OCH3 is 1. The van der Waals surface area contributed by atoms with Crippen LogP contribution in [-0.4, -0.2) is 40.0 Å². The van der Waals surface area contributed by atoms with Gasteiger partial charge in [0.05, 0.1) is 12.7 Å². The second-order valence-corrected chi connectivity index (χ2v) is 8.83. The fraction of sp³-hybridized carbons (Fsp3) is 0.190. The van der Waals surface area contributed by atoms with Crippen molar-refractivity contribution in [2.45, 2.75) is 13.8 Å². The van der Waals surface area contributed by atoms with E-state index in [0.29, 0.717) is 21.4 Å². The number of amidine groups is 2. The topological polar surface area (TPSA) is 104 Å². The number of thiophene rings is 1. The van der Waals surface area contributed by atoms with Gasteiger partial charge in [0.2, 0.25) is 5.17 Å². The maximum Gasteiger partial charge on any atom is 0.353 e. The van der Waals surface area contributed by atoms with Gasteiger partial charge in [-0.05, 0) is 47.0 Å². The van der Waals surface area contributed by atoms with E-state index in [1.54, 1.807) is 41.8 Å². The number of esters is 1. The minimum Gasteiger partial charge on any atom is -0.493 e. The molecule has 0 atom stereocenters. The first kappa shape index (κ1) is 21.0. The zero-order valence-electron chi connectivity index (χ0n) is 16.9. The maximum atomic E-state index is 12.5. The van der Waals surface area contributed by atoms with Crippen molar-refractivity contribution in [2.75, 3.05) is 7.11 Å². The van der Waals surface area contributed by atoms with Crippen molar-refractivity contribution >= 4 is 57.1 Å². The number of hydrogen-bond acceptors (Lipinski definition) is 8. The lowest BCUT2D eigenvalue weighted by Crippen LogP contribution is -2.35. The van der Waals surface area contributed by atoms with Crippen LogP contribution < -0.4 is 9.47 Å². The van der Waals surface area contributed by atoms with E-state index in [1.165, 1.54) is 35.2 Å². The minimum absolute atomic E-state index is 0.0367. The monoisotopic (exact) mass is 454 g/mol. The molecule has 0 bridgehead atoms. The number of hydrazone groups is 1. The van der Waals surface area contributed by atoms with Crippen LogP contribution in [0.3, 0.4) is 0 Å². The summed E-state index contributed by atoms with van der Waals surface area (Å²) in [6, 6.07) is 8.34. The molecule has 2 aliphatic heterocycles. The molecule has 0 saturated heterocycles. The molecule has 3 heterocycles. The Morgan fingerprint density at radius 2 is 2.06 bits per heavy atom. The van der Waals surface area contributed by atoms with Crippen LogP contribution in [-0.2, 0) is 4.79 Å². The van der Waals surface area contributed by atoms with Crippen LogP contribution in [0.5, 0.6) is 11.5 Å². The number of fused-ring (bicyclic) bond motifs is 1. The molecular weight excluding hydrogens is 436 g/mol. The van der Waals surface area contributed by atoms with E-state index < -0.39 is 11.9 Å². The molecule has 2 aliphatic rings. The molecule has 1 N–H and O–H groups in total. The molecule has 1 amide bonds. The van der Waals surface area contributed by atoms with Crippen molar-refractivity contribution in [2.24, 2.45) is 16.0 Å². The van der Waals surface area contributed by atoms with Gasteiger partial charge in [0.15, 0.2) is 17.3 Å². The van der Waals surface area contributed by atoms with Gasteiger partial charge in [-0.2, -0.15) is 15.1 Å². The number of benzene rings is 1. The lowest BCUT2D eigenvalue weighted by atomic mass is 10.1. The molecule has 158 valence electrons. The molecule has 0 radical (unpaired) electrons. The second kappa shape index (κ2) is 8.48. The molecule has 0 spiro atoms. The quantitative estimate of drug-likeness (QED) is 0.411. The highest BCUT2D eigenvalue weighted by Crippen LogP contribution is 2.33. The van der Waals surface area contributed by atoms with Crippen molar-refractivity contribution in [1.82, 2.24) is 5.01 Å². The van der Waals surface area contributed by atoms with E-state index >= 15 is 0 Å². The number of rotatable bonds is 5. The normalized spacial score (nSPS) is 17.0. The van der Waals surface area contributed by atoms with Gasteiger partial charge in [-0.3, -0.25) is 10.2 Å². The predicted octanol–water partition coefficient (Wildman–Crippen LogP) is 4.25. The summed E-state index contributed by atoms with van der Waals surface area (Å²) in [7, 11) is 1.46. The van der Waals surface area contributed by atoms with E-state index in [2.05, 4.69) is 10.1 Å². The first-order valence-corrected chi connectivity index (χ1v) is 11.0. The number of hydrogen-bond donors (Lipinski definition) is 1. The fourth-order valence-electron chi connectivity index (χ4n) is 2.81. The summed E-state index contributed by atoms with van der Waals surface area (Å²) in [5.74, 6) is -0.259. The molecule has 1 aromatic heterocycles. The third-order valence-electron chi connectivity index (χ3n) is 4.39. The Morgan fingerprint density at radius 1 is 1.26 bits per heavy atom. The molecule has 8 nitrogen and oxygen atoms in total. The summed E-state index contributed by atoms with van der Waals surface area (Å²) in [4.78, 5) is 29.3. The number of carbonyl (C=O) groups excluding carboxylic acids is 2. The molecule has 0 fully saturated rings. The Morgan fingerprint density at radius 3 is 2.74 bits per heavy atom. The molecule has 0 unspecified atom stereocenters. The first-order valence-electron chi connectivity index (χ1n) is 9.31. The van der Waals surface area contributed by atoms with Crippen molar-refractivity contribution in [1.29, 1.82) is 5.41 Å². The lowest BCUT2D eigenvalue weighted by molar-refractivity contribution is -0.114. The van der Waals surface area contributed by atoms with Gasteiger partial charge in [0.1, 0.15) is 9.92 Å². The standard InChI is InChI=1S/C21H18N4O4S2/c1-11(2)19-24-25-17(22)13(18(26)23-21(25)31-19)9-12-6-7-14(15(10-12)28-3)29-20(27)16-5-4-8-30-16/h4-11,22H,1-3H3/b13-9-,22-17?. The molecule has 0 saturated carbocycles. The SMILES string of the molecule is COc1cc(/C=C2/C(=N)N3N=C(C(C)C)SC3=NC2=O)ccc1OC(=O)c1cccs1. The van der Waals surface area contributed by atoms with E-state index in [9.17, 15) is 9.59 Å². The molecule has 31 heavy (non-hydrogen) atoms. The molecular formula is C21H18N4O4S2. The van der Waals surface area contributed by atoms with Crippen molar-refractivity contribution in [3.8, 4) is 11.5 Å². The van der Waals surface area contributed by atoms with Crippen LogP contribution in [0.4, 0.5) is 0 Å². The highest BCUT2D eigenvalue weighted by Gasteiger charge is 2.36. The van der Waals surface area contributed by atoms with Crippen molar-refractivity contribution in [3.05, 3.63) is 51.7 Å². The van der Waals surface area contributed by atoms with Gasteiger partial charge in [0, 0.05) is 5.92 Å². The zero-order valence-corrected chi connectivity index (χ0v) is 18.5. The van der Waals surface area contributed by atoms with Gasteiger partial charge >= 0.3 is 5.97 Å².